The van der Waals surface area contributed by atoms with Crippen molar-refractivity contribution in [3.05, 3.63) is 40.7 Å². The second-order valence-electron chi connectivity index (χ2n) is 8.35. The normalized spacial score (nSPS) is 19.0. The number of aromatic nitrogens is 2. The third kappa shape index (κ3) is 4.64. The van der Waals surface area contributed by atoms with Crippen molar-refractivity contribution in [1.29, 1.82) is 0 Å². The van der Waals surface area contributed by atoms with Gasteiger partial charge in [-0.2, -0.15) is 0 Å². The smallest absolute Gasteiger partial charge is 0.225 e. The van der Waals surface area contributed by atoms with Crippen molar-refractivity contribution in [1.82, 2.24) is 20.2 Å². The van der Waals surface area contributed by atoms with E-state index in [0.717, 1.165) is 61.8 Å². The standard InChI is InChI=1S/C22H29N5O2S/c1-15(2)21(29)26-8-10-27(11-9-26)22-25-18-6-5-17(12-19(18)30-22)20(28)24-14-16-4-3-7-23-13-16/h3-4,7,13,15,17H,5-6,8-12,14H2,1-2H3,(H,24,28)/t17-/m0/s1. The molecule has 0 radical (unpaired) electrons. The summed E-state index contributed by atoms with van der Waals surface area (Å²) in [6.45, 7) is 7.56. The third-order valence-corrected chi connectivity index (χ3v) is 7.03. The molecule has 8 heteroatoms. The Morgan fingerprint density at radius 1 is 1.27 bits per heavy atom. The second kappa shape index (κ2) is 9.12. The first-order chi connectivity index (χ1) is 14.5. The number of amides is 2. The molecule has 1 aliphatic heterocycles. The number of aryl methyl sites for hydroxylation is 1. The molecule has 0 unspecified atom stereocenters. The maximum atomic E-state index is 12.6. The number of rotatable bonds is 5. The first-order valence-corrected chi connectivity index (χ1v) is 11.5. The third-order valence-electron chi connectivity index (χ3n) is 5.84. The van der Waals surface area contributed by atoms with Gasteiger partial charge < -0.3 is 15.1 Å². The van der Waals surface area contributed by atoms with Crippen molar-refractivity contribution < 1.29 is 9.59 Å². The van der Waals surface area contributed by atoms with Crippen molar-refractivity contribution >= 4 is 28.3 Å². The molecule has 0 aromatic carbocycles. The fourth-order valence-electron chi connectivity index (χ4n) is 4.04. The summed E-state index contributed by atoms with van der Waals surface area (Å²) < 4.78 is 0. The van der Waals surface area contributed by atoms with Gasteiger partial charge >= 0.3 is 0 Å². The molecule has 1 aliphatic carbocycles. The van der Waals surface area contributed by atoms with E-state index >= 15 is 0 Å². The number of piperazine rings is 1. The summed E-state index contributed by atoms with van der Waals surface area (Å²) >= 11 is 1.71. The van der Waals surface area contributed by atoms with Crippen molar-refractivity contribution in [2.45, 2.75) is 39.7 Å². The predicted octanol–water partition coefficient (Wildman–Crippen LogP) is 2.26. The molecule has 3 heterocycles. The molecule has 2 amide bonds. The minimum Gasteiger partial charge on any atom is -0.352 e. The Morgan fingerprint density at radius 2 is 2.07 bits per heavy atom. The van der Waals surface area contributed by atoms with Crippen LogP contribution in [0.5, 0.6) is 0 Å². The molecule has 7 nitrogen and oxygen atoms in total. The Kier molecular flexibility index (Phi) is 6.32. The lowest BCUT2D eigenvalue weighted by Gasteiger charge is -2.35. The number of thiazole rings is 1. The Bertz CT molecular complexity index is 890. The number of hydrogen-bond donors (Lipinski definition) is 1. The fraction of sp³-hybridized carbons (Fsp3) is 0.545. The van der Waals surface area contributed by atoms with E-state index in [1.54, 1.807) is 23.7 Å². The highest BCUT2D eigenvalue weighted by Crippen LogP contribution is 2.34. The van der Waals surface area contributed by atoms with Gasteiger partial charge in [0.05, 0.1) is 5.69 Å². The molecule has 0 saturated carbocycles. The number of pyridine rings is 1. The van der Waals surface area contributed by atoms with E-state index in [1.165, 1.54) is 4.88 Å². The average Bonchev–Trinajstić information content (AvgIpc) is 3.21. The summed E-state index contributed by atoms with van der Waals surface area (Å²) in [6.07, 6.45) is 5.96. The van der Waals surface area contributed by atoms with Crippen LogP contribution in [0.3, 0.4) is 0 Å². The number of anilines is 1. The molecule has 0 bridgehead atoms. The van der Waals surface area contributed by atoms with Gasteiger partial charge in [-0.15, -0.1) is 11.3 Å². The van der Waals surface area contributed by atoms with E-state index in [0.29, 0.717) is 6.54 Å². The van der Waals surface area contributed by atoms with Crippen LogP contribution in [-0.4, -0.2) is 52.9 Å². The van der Waals surface area contributed by atoms with E-state index in [1.807, 2.05) is 30.9 Å². The summed E-state index contributed by atoms with van der Waals surface area (Å²) in [5, 5.41) is 4.09. The van der Waals surface area contributed by atoms with Gasteiger partial charge in [-0.05, 0) is 30.9 Å². The van der Waals surface area contributed by atoms with Crippen molar-refractivity contribution in [3.8, 4) is 0 Å². The Balaban J connectivity index is 1.32. The van der Waals surface area contributed by atoms with Crippen molar-refractivity contribution in [2.75, 3.05) is 31.1 Å². The Morgan fingerprint density at radius 3 is 2.77 bits per heavy atom. The number of carbonyl (C=O) groups is 2. The molecule has 4 rings (SSSR count). The van der Waals surface area contributed by atoms with Gasteiger partial charge in [-0.25, -0.2) is 4.98 Å². The van der Waals surface area contributed by atoms with E-state index in [9.17, 15) is 9.59 Å². The van der Waals surface area contributed by atoms with Crippen LogP contribution in [0.4, 0.5) is 5.13 Å². The zero-order valence-corrected chi connectivity index (χ0v) is 18.5. The maximum absolute atomic E-state index is 12.6. The van der Waals surface area contributed by atoms with Gasteiger partial charge in [0.1, 0.15) is 0 Å². The first-order valence-electron chi connectivity index (χ1n) is 10.7. The highest BCUT2D eigenvalue weighted by atomic mass is 32.1. The summed E-state index contributed by atoms with van der Waals surface area (Å²) in [5.41, 5.74) is 2.16. The summed E-state index contributed by atoms with van der Waals surface area (Å²) in [6, 6.07) is 3.85. The monoisotopic (exact) mass is 427 g/mol. The van der Waals surface area contributed by atoms with Crippen LogP contribution < -0.4 is 10.2 Å². The molecular formula is C22H29N5O2S. The highest BCUT2D eigenvalue weighted by Gasteiger charge is 2.30. The number of nitrogens with zero attached hydrogens (tertiary/aromatic N) is 4. The van der Waals surface area contributed by atoms with Crippen LogP contribution in [0.1, 0.15) is 36.4 Å². The van der Waals surface area contributed by atoms with E-state index in [4.69, 9.17) is 4.98 Å². The first kappa shape index (κ1) is 20.8. The minimum absolute atomic E-state index is 0.00276. The highest BCUT2D eigenvalue weighted by molar-refractivity contribution is 7.15. The topological polar surface area (TPSA) is 78.4 Å². The summed E-state index contributed by atoms with van der Waals surface area (Å²) in [4.78, 5) is 39.3. The van der Waals surface area contributed by atoms with Crippen LogP contribution in [0.15, 0.2) is 24.5 Å². The van der Waals surface area contributed by atoms with Crippen LogP contribution >= 0.6 is 11.3 Å². The predicted molar refractivity (Wildman–Crippen MR) is 117 cm³/mol. The number of fused-ring (bicyclic) bond motifs is 1. The van der Waals surface area contributed by atoms with Crippen molar-refractivity contribution in [2.24, 2.45) is 11.8 Å². The lowest BCUT2D eigenvalue weighted by atomic mass is 9.90. The zero-order valence-electron chi connectivity index (χ0n) is 17.6. The van der Waals surface area contributed by atoms with Crippen LogP contribution in [-0.2, 0) is 29.0 Å². The molecule has 160 valence electrons. The molecule has 1 fully saturated rings. The number of hydrogen-bond acceptors (Lipinski definition) is 6. The van der Waals surface area contributed by atoms with Gasteiger partial charge in [0.25, 0.3) is 0 Å². The molecule has 1 N–H and O–H groups in total. The van der Waals surface area contributed by atoms with E-state index < -0.39 is 0 Å². The second-order valence-corrected chi connectivity index (χ2v) is 9.41. The molecule has 30 heavy (non-hydrogen) atoms. The zero-order chi connectivity index (χ0) is 21.1. The molecule has 2 aromatic heterocycles. The Hall–Kier alpha value is -2.48. The SMILES string of the molecule is CC(C)C(=O)N1CCN(c2nc3c(s2)C[C@@H](C(=O)NCc2cccnc2)CC3)CC1. The van der Waals surface area contributed by atoms with Crippen LogP contribution in [0.2, 0.25) is 0 Å². The van der Waals surface area contributed by atoms with Crippen LogP contribution in [0, 0.1) is 11.8 Å². The number of carbonyl (C=O) groups excluding carboxylic acids is 2. The van der Waals surface area contributed by atoms with Gasteiger partial charge in [0, 0.05) is 61.8 Å². The van der Waals surface area contributed by atoms with Crippen LogP contribution in [0.25, 0.3) is 0 Å². The average molecular weight is 428 g/mol. The molecule has 2 aromatic rings. The molecular weight excluding hydrogens is 398 g/mol. The molecule has 1 saturated heterocycles. The van der Waals surface area contributed by atoms with E-state index in [2.05, 4.69) is 15.2 Å². The minimum atomic E-state index is 0.00276. The molecule has 2 aliphatic rings. The van der Waals surface area contributed by atoms with Gasteiger partial charge in [0.2, 0.25) is 11.8 Å². The fourth-order valence-corrected chi connectivity index (χ4v) is 5.28. The maximum Gasteiger partial charge on any atom is 0.225 e. The summed E-state index contributed by atoms with van der Waals surface area (Å²) in [5.74, 6) is 0.390. The van der Waals surface area contributed by atoms with Crippen molar-refractivity contribution in [3.63, 3.8) is 0 Å². The lowest BCUT2D eigenvalue weighted by Crippen LogP contribution is -2.49. The van der Waals surface area contributed by atoms with Gasteiger partial charge in [0.15, 0.2) is 5.13 Å². The number of nitrogens with one attached hydrogen (secondary N) is 1. The van der Waals surface area contributed by atoms with E-state index in [-0.39, 0.29) is 23.7 Å². The molecule has 1 atom stereocenters. The largest absolute Gasteiger partial charge is 0.352 e. The Labute approximate surface area is 181 Å². The summed E-state index contributed by atoms with van der Waals surface area (Å²) in [7, 11) is 0. The van der Waals surface area contributed by atoms with Gasteiger partial charge in [-0.1, -0.05) is 19.9 Å². The quantitative estimate of drug-likeness (QED) is 0.792. The lowest BCUT2D eigenvalue weighted by molar-refractivity contribution is -0.134. The van der Waals surface area contributed by atoms with Gasteiger partial charge in [-0.3, -0.25) is 14.6 Å². The molecule has 0 spiro atoms.